The van der Waals surface area contributed by atoms with Crippen molar-refractivity contribution in [2.45, 2.75) is 32.4 Å². The lowest BCUT2D eigenvalue weighted by Gasteiger charge is -2.25. The number of pyridine rings is 1. The first-order valence-electron chi connectivity index (χ1n) is 11.2. The van der Waals surface area contributed by atoms with Crippen molar-refractivity contribution in [3.8, 4) is 5.75 Å². The van der Waals surface area contributed by atoms with Crippen LogP contribution in [0.15, 0.2) is 78.6 Å². The number of ether oxygens (including phenoxy) is 1. The SMILES string of the molecule is CCCCOc1cccc(C(O)=C2C(=O)C(=O)N(Cc3ccncc3)C2c2ccccc2F)c1. The summed E-state index contributed by atoms with van der Waals surface area (Å²) in [7, 11) is 0. The largest absolute Gasteiger partial charge is 0.507 e. The van der Waals surface area contributed by atoms with Crippen LogP contribution < -0.4 is 4.74 Å². The summed E-state index contributed by atoms with van der Waals surface area (Å²) < 4.78 is 20.6. The Morgan fingerprint density at radius 1 is 1.09 bits per heavy atom. The van der Waals surface area contributed by atoms with E-state index in [2.05, 4.69) is 11.9 Å². The summed E-state index contributed by atoms with van der Waals surface area (Å²) in [5, 5.41) is 11.2. The predicted octanol–water partition coefficient (Wildman–Crippen LogP) is 5.02. The van der Waals surface area contributed by atoms with Crippen molar-refractivity contribution in [2.24, 2.45) is 0 Å². The standard InChI is InChI=1S/C27H25FN2O4/c1-2-3-15-34-20-8-6-7-19(16-20)25(31)23-24(21-9-4-5-10-22(21)28)30(27(33)26(23)32)17-18-11-13-29-14-12-18/h4-14,16,24,31H,2-3,15,17H2,1H3. The van der Waals surface area contributed by atoms with Crippen LogP contribution in [0, 0.1) is 5.82 Å². The lowest BCUT2D eigenvalue weighted by atomic mass is 9.94. The van der Waals surface area contributed by atoms with E-state index in [9.17, 15) is 19.1 Å². The Labute approximate surface area is 197 Å². The number of rotatable bonds is 8. The van der Waals surface area contributed by atoms with Crippen molar-refractivity contribution in [1.82, 2.24) is 9.88 Å². The number of carbonyl (C=O) groups excluding carboxylic acids is 2. The van der Waals surface area contributed by atoms with Crippen LogP contribution in [0.4, 0.5) is 4.39 Å². The van der Waals surface area contributed by atoms with Crippen LogP contribution in [0.3, 0.4) is 0 Å². The van der Waals surface area contributed by atoms with Crippen LogP contribution in [-0.2, 0) is 16.1 Å². The molecule has 1 aliphatic heterocycles. The Hall–Kier alpha value is -4.00. The summed E-state index contributed by atoms with van der Waals surface area (Å²) in [5.41, 5.74) is 1.02. The fourth-order valence-electron chi connectivity index (χ4n) is 3.97. The summed E-state index contributed by atoms with van der Waals surface area (Å²) in [6.45, 7) is 2.63. The maximum Gasteiger partial charge on any atom is 0.295 e. The van der Waals surface area contributed by atoms with Gasteiger partial charge in [-0.1, -0.05) is 43.7 Å². The van der Waals surface area contributed by atoms with E-state index in [0.29, 0.717) is 17.9 Å². The van der Waals surface area contributed by atoms with Gasteiger partial charge in [0.25, 0.3) is 11.7 Å². The number of nitrogens with zero attached hydrogens (tertiary/aromatic N) is 2. The zero-order valence-electron chi connectivity index (χ0n) is 18.8. The molecule has 3 aromatic rings. The number of halogens is 1. The molecule has 2 aromatic carbocycles. The molecule has 4 rings (SSSR count). The zero-order chi connectivity index (χ0) is 24.1. The number of likely N-dealkylation sites (tertiary alicyclic amines) is 1. The lowest BCUT2D eigenvalue weighted by molar-refractivity contribution is -0.140. The van der Waals surface area contributed by atoms with E-state index in [1.807, 2.05) is 0 Å². The fourth-order valence-corrected chi connectivity index (χ4v) is 3.97. The minimum Gasteiger partial charge on any atom is -0.507 e. The van der Waals surface area contributed by atoms with Gasteiger partial charge < -0.3 is 14.7 Å². The summed E-state index contributed by atoms with van der Waals surface area (Å²) in [5.74, 6) is -2.08. The van der Waals surface area contributed by atoms with Crippen molar-refractivity contribution in [3.05, 3.63) is 101 Å². The second kappa shape index (κ2) is 10.3. The highest BCUT2D eigenvalue weighted by Crippen LogP contribution is 2.41. The fraction of sp³-hybridized carbons (Fsp3) is 0.222. The van der Waals surface area contributed by atoms with E-state index in [0.717, 1.165) is 18.4 Å². The first-order valence-corrected chi connectivity index (χ1v) is 11.2. The van der Waals surface area contributed by atoms with Gasteiger partial charge in [-0.05, 0) is 42.3 Å². The number of hydrogen-bond acceptors (Lipinski definition) is 5. The molecule has 0 radical (unpaired) electrons. The number of carbonyl (C=O) groups is 2. The van der Waals surface area contributed by atoms with Gasteiger partial charge in [0.1, 0.15) is 17.3 Å². The minimum absolute atomic E-state index is 0.0586. The molecule has 7 heteroatoms. The number of aliphatic hydroxyl groups excluding tert-OH is 1. The molecule has 1 fully saturated rings. The first-order chi connectivity index (χ1) is 16.5. The number of ketones is 1. The van der Waals surface area contributed by atoms with Crippen molar-refractivity contribution in [3.63, 3.8) is 0 Å². The number of amides is 1. The molecule has 1 N–H and O–H groups in total. The van der Waals surface area contributed by atoms with E-state index in [-0.39, 0.29) is 23.4 Å². The van der Waals surface area contributed by atoms with Crippen LogP contribution in [0.5, 0.6) is 5.75 Å². The number of aliphatic hydroxyl groups is 1. The van der Waals surface area contributed by atoms with E-state index in [1.54, 1.807) is 54.9 Å². The predicted molar refractivity (Wildman–Crippen MR) is 125 cm³/mol. The molecule has 1 aromatic heterocycles. The Bertz CT molecular complexity index is 1230. The second-order valence-electron chi connectivity index (χ2n) is 8.03. The van der Waals surface area contributed by atoms with Gasteiger partial charge in [-0.25, -0.2) is 4.39 Å². The highest BCUT2D eigenvalue weighted by molar-refractivity contribution is 6.46. The number of benzene rings is 2. The topological polar surface area (TPSA) is 79.7 Å². The van der Waals surface area contributed by atoms with Gasteiger partial charge in [-0.15, -0.1) is 0 Å². The van der Waals surface area contributed by atoms with Gasteiger partial charge in [-0.2, -0.15) is 0 Å². The number of hydrogen-bond donors (Lipinski definition) is 1. The number of aromatic nitrogens is 1. The molecule has 0 spiro atoms. The lowest BCUT2D eigenvalue weighted by Crippen LogP contribution is -2.29. The Balaban J connectivity index is 1.80. The highest BCUT2D eigenvalue weighted by Gasteiger charge is 2.46. The van der Waals surface area contributed by atoms with E-state index in [4.69, 9.17) is 4.74 Å². The average Bonchev–Trinajstić information content (AvgIpc) is 3.10. The van der Waals surface area contributed by atoms with Gasteiger partial charge in [0.15, 0.2) is 0 Å². The van der Waals surface area contributed by atoms with Crippen molar-refractivity contribution < 1.29 is 23.8 Å². The molecule has 174 valence electrons. The van der Waals surface area contributed by atoms with E-state index in [1.165, 1.54) is 23.1 Å². The second-order valence-corrected chi connectivity index (χ2v) is 8.03. The third-order valence-corrected chi connectivity index (χ3v) is 5.72. The van der Waals surface area contributed by atoms with E-state index >= 15 is 0 Å². The summed E-state index contributed by atoms with van der Waals surface area (Å²) >= 11 is 0. The molecule has 6 nitrogen and oxygen atoms in total. The van der Waals surface area contributed by atoms with Gasteiger partial charge >= 0.3 is 0 Å². The highest BCUT2D eigenvalue weighted by atomic mass is 19.1. The van der Waals surface area contributed by atoms with Gasteiger partial charge in [-0.3, -0.25) is 14.6 Å². The van der Waals surface area contributed by atoms with Crippen LogP contribution in [0.2, 0.25) is 0 Å². The Kier molecular flexibility index (Phi) is 7.01. The molecular weight excluding hydrogens is 435 g/mol. The Morgan fingerprint density at radius 2 is 1.85 bits per heavy atom. The van der Waals surface area contributed by atoms with Gasteiger partial charge in [0.2, 0.25) is 0 Å². The molecule has 0 saturated carbocycles. The third kappa shape index (κ3) is 4.69. The van der Waals surface area contributed by atoms with Crippen LogP contribution in [0.25, 0.3) is 5.76 Å². The molecule has 1 saturated heterocycles. The quantitative estimate of drug-likeness (QED) is 0.221. The minimum atomic E-state index is -1.08. The molecule has 0 aliphatic carbocycles. The van der Waals surface area contributed by atoms with Gasteiger partial charge in [0.05, 0.1) is 18.2 Å². The molecule has 1 amide bonds. The van der Waals surface area contributed by atoms with E-state index < -0.39 is 23.5 Å². The van der Waals surface area contributed by atoms with Crippen LogP contribution >= 0.6 is 0 Å². The summed E-state index contributed by atoms with van der Waals surface area (Å²) in [4.78, 5) is 31.4. The van der Waals surface area contributed by atoms with Crippen molar-refractivity contribution in [2.75, 3.05) is 6.61 Å². The maximum atomic E-state index is 14.9. The molecule has 1 aliphatic rings. The van der Waals surface area contributed by atoms with Crippen LogP contribution in [0.1, 0.15) is 42.5 Å². The summed E-state index contributed by atoms with van der Waals surface area (Å²) in [6.07, 6.45) is 5.01. The molecule has 1 atom stereocenters. The number of Topliss-reactive ketones (excluding diaryl/α,β-unsaturated/α-hetero) is 1. The monoisotopic (exact) mass is 460 g/mol. The molecule has 0 bridgehead atoms. The summed E-state index contributed by atoms with van der Waals surface area (Å²) in [6, 6.07) is 15.0. The molecule has 1 unspecified atom stereocenters. The normalized spacial score (nSPS) is 17.2. The van der Waals surface area contributed by atoms with Gasteiger partial charge in [0, 0.05) is 30.1 Å². The molecule has 2 heterocycles. The molecule has 34 heavy (non-hydrogen) atoms. The zero-order valence-corrected chi connectivity index (χ0v) is 18.8. The molecular formula is C27H25FN2O4. The van der Waals surface area contributed by atoms with Crippen molar-refractivity contribution >= 4 is 17.4 Å². The maximum absolute atomic E-state index is 14.9. The smallest absolute Gasteiger partial charge is 0.295 e. The Morgan fingerprint density at radius 3 is 2.59 bits per heavy atom. The number of unbranched alkanes of at least 4 members (excludes halogenated alkanes) is 1. The van der Waals surface area contributed by atoms with Crippen LogP contribution in [-0.4, -0.2) is 33.3 Å². The van der Waals surface area contributed by atoms with Crippen molar-refractivity contribution in [1.29, 1.82) is 0 Å². The first kappa shape index (κ1) is 23.2. The average molecular weight is 461 g/mol. The third-order valence-electron chi connectivity index (χ3n) is 5.72.